The summed E-state index contributed by atoms with van der Waals surface area (Å²) in [5.74, 6) is 1.55. The third-order valence-corrected chi connectivity index (χ3v) is 3.00. The zero-order valence-corrected chi connectivity index (χ0v) is 10.7. The highest BCUT2D eigenvalue weighted by Gasteiger charge is 2.18. The van der Waals surface area contributed by atoms with Crippen molar-refractivity contribution in [2.24, 2.45) is 10.9 Å². The Kier molecular flexibility index (Phi) is 3.99. The normalized spacial score (nSPS) is 11.9. The maximum atomic E-state index is 8.75. The Hall–Kier alpha value is -1.82. The quantitative estimate of drug-likeness (QED) is 0.285. The number of hydrogen-bond acceptors (Lipinski definition) is 5. The lowest BCUT2D eigenvalue weighted by Gasteiger charge is -2.04. The maximum Gasteiger partial charge on any atom is 0.215 e. The first-order chi connectivity index (χ1) is 8.77. The number of rotatable bonds is 5. The molecule has 3 N–H and O–H groups in total. The number of fused-ring (bicyclic) bond motifs is 1. The van der Waals surface area contributed by atoms with Crippen molar-refractivity contribution in [2.75, 3.05) is 18.6 Å². The molecule has 0 saturated carbocycles. The van der Waals surface area contributed by atoms with Crippen molar-refractivity contribution in [1.82, 2.24) is 0 Å². The smallest absolute Gasteiger partial charge is 0.215 e. The van der Waals surface area contributed by atoms with E-state index in [1.54, 1.807) is 11.8 Å². The van der Waals surface area contributed by atoms with E-state index in [1.807, 2.05) is 30.5 Å². The predicted molar refractivity (Wildman–Crippen MR) is 72.6 cm³/mol. The summed E-state index contributed by atoms with van der Waals surface area (Å²) >= 11 is 1.68. The molecule has 1 aromatic carbocycles. The molecule has 0 spiro atoms. The third-order valence-electron chi connectivity index (χ3n) is 2.42. The van der Waals surface area contributed by atoms with Crippen LogP contribution in [0, 0.1) is 0 Å². The highest BCUT2D eigenvalue weighted by Crippen LogP contribution is 2.32. The van der Waals surface area contributed by atoms with Gasteiger partial charge in [0.25, 0.3) is 0 Å². The van der Waals surface area contributed by atoms with Gasteiger partial charge in [0.2, 0.25) is 11.6 Å². The largest absolute Gasteiger partial charge is 0.488 e. The van der Waals surface area contributed by atoms with Gasteiger partial charge in [0.1, 0.15) is 5.58 Å². The van der Waals surface area contributed by atoms with Gasteiger partial charge in [-0.3, -0.25) is 0 Å². The third kappa shape index (κ3) is 2.38. The maximum absolute atomic E-state index is 8.75. The molecule has 6 heteroatoms. The van der Waals surface area contributed by atoms with Crippen molar-refractivity contribution in [3.05, 3.63) is 30.0 Å². The molecule has 2 rings (SSSR count). The number of furan rings is 1. The van der Waals surface area contributed by atoms with Crippen molar-refractivity contribution in [1.29, 1.82) is 0 Å². The van der Waals surface area contributed by atoms with Gasteiger partial charge >= 0.3 is 0 Å². The zero-order chi connectivity index (χ0) is 13.0. The number of nitrogens with two attached hydrogens (primary N) is 1. The summed E-state index contributed by atoms with van der Waals surface area (Å²) in [6.45, 7) is 0.538. The van der Waals surface area contributed by atoms with Crippen LogP contribution < -0.4 is 10.5 Å². The Morgan fingerprint density at radius 3 is 3.00 bits per heavy atom. The Balaban J connectivity index is 2.44. The highest BCUT2D eigenvalue weighted by atomic mass is 32.2. The van der Waals surface area contributed by atoms with Crippen LogP contribution in [0.1, 0.15) is 5.76 Å². The minimum absolute atomic E-state index is 0.0923. The number of para-hydroxylation sites is 1. The average molecular weight is 266 g/mol. The first-order valence-corrected chi connectivity index (χ1v) is 6.78. The number of thioether (sulfide) groups is 1. The van der Waals surface area contributed by atoms with Crippen LogP contribution in [0.3, 0.4) is 0 Å². The van der Waals surface area contributed by atoms with Crippen molar-refractivity contribution >= 4 is 28.6 Å². The van der Waals surface area contributed by atoms with E-state index < -0.39 is 0 Å². The van der Waals surface area contributed by atoms with E-state index in [0.717, 1.165) is 11.1 Å². The van der Waals surface area contributed by atoms with Crippen molar-refractivity contribution in [3.63, 3.8) is 0 Å². The lowest BCUT2D eigenvalue weighted by molar-refractivity contribution is 0.314. The van der Waals surface area contributed by atoms with E-state index in [2.05, 4.69) is 5.16 Å². The van der Waals surface area contributed by atoms with Gasteiger partial charge in [0.05, 0.1) is 12.0 Å². The second kappa shape index (κ2) is 5.68. The molecule has 0 unspecified atom stereocenters. The van der Waals surface area contributed by atoms with Crippen molar-refractivity contribution < 1.29 is 14.4 Å². The predicted octanol–water partition coefficient (Wildman–Crippen LogP) is 2.27. The minimum Gasteiger partial charge on any atom is -0.488 e. The summed E-state index contributed by atoms with van der Waals surface area (Å²) in [5, 5.41) is 12.5. The number of nitrogens with zero attached hydrogens (tertiary/aromatic N) is 1. The fourth-order valence-corrected chi connectivity index (χ4v) is 1.86. The summed E-state index contributed by atoms with van der Waals surface area (Å²) in [4.78, 5) is 0. The molecule has 5 nitrogen and oxygen atoms in total. The average Bonchev–Trinajstić information content (AvgIpc) is 2.77. The minimum atomic E-state index is -0.0923. The van der Waals surface area contributed by atoms with Crippen molar-refractivity contribution in [3.8, 4) is 5.75 Å². The molecule has 0 fully saturated rings. The number of hydrogen-bond donors (Lipinski definition) is 2. The van der Waals surface area contributed by atoms with Gasteiger partial charge in [-0.15, -0.1) is 0 Å². The molecule has 0 amide bonds. The van der Waals surface area contributed by atoms with E-state index in [-0.39, 0.29) is 11.6 Å². The summed E-state index contributed by atoms with van der Waals surface area (Å²) in [5.41, 5.74) is 6.24. The van der Waals surface area contributed by atoms with Crippen LogP contribution in [0.25, 0.3) is 11.0 Å². The molecule has 1 heterocycles. The van der Waals surface area contributed by atoms with Gasteiger partial charge in [-0.05, 0) is 18.4 Å². The van der Waals surface area contributed by atoms with Crippen LogP contribution >= 0.6 is 11.8 Å². The van der Waals surface area contributed by atoms with Gasteiger partial charge in [0.15, 0.2) is 5.75 Å². The van der Waals surface area contributed by atoms with Gasteiger partial charge in [-0.1, -0.05) is 17.3 Å². The summed E-state index contributed by atoms with van der Waals surface area (Å²) in [7, 11) is 0. The molecule has 0 bridgehead atoms. The second-order valence-corrected chi connectivity index (χ2v) is 4.57. The Labute approximate surface area is 109 Å². The number of ether oxygens (including phenoxy) is 1. The van der Waals surface area contributed by atoms with Gasteiger partial charge in [0, 0.05) is 5.75 Å². The molecule has 18 heavy (non-hydrogen) atoms. The molecule has 2 aromatic rings. The number of amidine groups is 1. The molecular formula is C12H14N2O3S. The fourth-order valence-electron chi connectivity index (χ4n) is 1.61. The van der Waals surface area contributed by atoms with Gasteiger partial charge in [-0.2, -0.15) is 11.8 Å². The van der Waals surface area contributed by atoms with E-state index in [4.69, 9.17) is 20.1 Å². The molecule has 0 atom stereocenters. The van der Waals surface area contributed by atoms with E-state index in [9.17, 15) is 0 Å². The second-order valence-electron chi connectivity index (χ2n) is 3.58. The van der Waals surface area contributed by atoms with E-state index in [1.165, 1.54) is 0 Å². The van der Waals surface area contributed by atoms with Crippen LogP contribution in [-0.2, 0) is 0 Å². The van der Waals surface area contributed by atoms with E-state index >= 15 is 0 Å². The van der Waals surface area contributed by atoms with E-state index in [0.29, 0.717) is 17.9 Å². The molecule has 0 saturated heterocycles. The summed E-state index contributed by atoms with van der Waals surface area (Å²) < 4.78 is 11.2. The molecule has 96 valence electrons. The highest BCUT2D eigenvalue weighted by molar-refractivity contribution is 7.98. The standard InChI is InChI=1S/C12H14N2O3S/c1-18-7-6-16-10-8-4-2-3-5-9(8)17-11(10)12(13)14-15/h2-5,15H,6-7H2,1H3,(H2,13,14). The fraction of sp³-hybridized carbons (Fsp3) is 0.250. The van der Waals surface area contributed by atoms with Crippen LogP contribution in [0.5, 0.6) is 5.75 Å². The Bertz CT molecular complexity index is 565. The lowest BCUT2D eigenvalue weighted by atomic mass is 10.2. The lowest BCUT2D eigenvalue weighted by Crippen LogP contribution is -2.14. The Morgan fingerprint density at radius 1 is 1.50 bits per heavy atom. The topological polar surface area (TPSA) is 81.0 Å². The van der Waals surface area contributed by atoms with Crippen LogP contribution in [0.2, 0.25) is 0 Å². The summed E-state index contributed by atoms with van der Waals surface area (Å²) in [6.07, 6.45) is 2.00. The number of benzene rings is 1. The molecular weight excluding hydrogens is 252 g/mol. The zero-order valence-electron chi connectivity index (χ0n) is 9.92. The first-order valence-electron chi connectivity index (χ1n) is 5.39. The molecule has 0 aliphatic heterocycles. The van der Waals surface area contributed by atoms with Gasteiger partial charge < -0.3 is 20.1 Å². The first kappa shape index (κ1) is 12.6. The van der Waals surface area contributed by atoms with Crippen LogP contribution in [-0.4, -0.2) is 29.7 Å². The molecule has 1 aromatic heterocycles. The molecule has 0 aliphatic rings. The number of oxime groups is 1. The van der Waals surface area contributed by atoms with Gasteiger partial charge in [-0.25, -0.2) is 0 Å². The SMILES string of the molecule is CSCCOc1c(/C(N)=N/O)oc2ccccc12. The van der Waals surface area contributed by atoms with Crippen LogP contribution in [0.15, 0.2) is 33.8 Å². The molecule has 0 radical (unpaired) electrons. The monoisotopic (exact) mass is 266 g/mol. The summed E-state index contributed by atoms with van der Waals surface area (Å²) in [6, 6.07) is 7.43. The molecule has 0 aliphatic carbocycles. The Morgan fingerprint density at radius 2 is 2.28 bits per heavy atom. The van der Waals surface area contributed by atoms with Crippen LogP contribution in [0.4, 0.5) is 0 Å². The van der Waals surface area contributed by atoms with Crippen molar-refractivity contribution in [2.45, 2.75) is 0 Å².